The van der Waals surface area contributed by atoms with Gasteiger partial charge in [-0.2, -0.15) is 0 Å². The molecule has 0 radical (unpaired) electrons. The van der Waals surface area contributed by atoms with Crippen LogP contribution in [0, 0.1) is 5.92 Å². The first-order chi connectivity index (χ1) is 10.5. The Balaban J connectivity index is 1.89. The highest BCUT2D eigenvalue weighted by molar-refractivity contribution is 5.81. The molecular weight excluding hydrogens is 278 g/mol. The summed E-state index contributed by atoms with van der Waals surface area (Å²) in [5, 5.41) is 12.9. The Labute approximate surface area is 132 Å². The van der Waals surface area contributed by atoms with E-state index in [4.69, 9.17) is 5.73 Å². The highest BCUT2D eigenvalue weighted by Crippen LogP contribution is 2.20. The minimum Gasteiger partial charge on any atom is -0.392 e. The van der Waals surface area contributed by atoms with Gasteiger partial charge in [0, 0.05) is 25.7 Å². The van der Waals surface area contributed by atoms with Crippen LogP contribution in [-0.2, 0) is 11.3 Å². The van der Waals surface area contributed by atoms with E-state index in [1.807, 2.05) is 32.0 Å². The van der Waals surface area contributed by atoms with Crippen molar-refractivity contribution in [1.29, 1.82) is 0 Å². The van der Waals surface area contributed by atoms with Crippen LogP contribution in [-0.4, -0.2) is 47.2 Å². The Morgan fingerprint density at radius 2 is 2.09 bits per heavy atom. The molecule has 1 saturated heterocycles. The van der Waals surface area contributed by atoms with Crippen LogP contribution in [0.25, 0.3) is 0 Å². The predicted molar refractivity (Wildman–Crippen MR) is 87.1 cm³/mol. The number of nitrogens with two attached hydrogens (primary N) is 1. The number of likely N-dealkylation sites (tertiary alicyclic amines) is 1. The molecule has 5 heteroatoms. The normalized spacial score (nSPS) is 23.7. The van der Waals surface area contributed by atoms with Crippen molar-refractivity contribution < 1.29 is 9.90 Å². The summed E-state index contributed by atoms with van der Waals surface area (Å²) in [5.41, 5.74) is 7.07. The second kappa shape index (κ2) is 7.72. The minimum absolute atomic E-state index is 0.115. The van der Waals surface area contributed by atoms with Gasteiger partial charge in [-0.3, -0.25) is 9.69 Å². The van der Waals surface area contributed by atoms with Crippen LogP contribution in [0.15, 0.2) is 30.3 Å². The maximum absolute atomic E-state index is 12.0. The number of carbonyl (C=O) groups excluding carboxylic acids is 1. The van der Waals surface area contributed by atoms with E-state index < -0.39 is 6.04 Å². The number of carbonyl (C=O) groups is 1. The molecule has 1 fully saturated rings. The van der Waals surface area contributed by atoms with Crippen molar-refractivity contribution in [2.24, 2.45) is 11.7 Å². The molecule has 0 spiro atoms. The van der Waals surface area contributed by atoms with E-state index in [2.05, 4.69) is 22.3 Å². The molecule has 5 nitrogen and oxygen atoms in total. The van der Waals surface area contributed by atoms with E-state index in [0.29, 0.717) is 19.5 Å². The largest absolute Gasteiger partial charge is 0.392 e. The lowest BCUT2D eigenvalue weighted by molar-refractivity contribution is -0.123. The summed E-state index contributed by atoms with van der Waals surface area (Å²) in [7, 11) is 0. The Bertz CT molecular complexity index is 478. The van der Waals surface area contributed by atoms with E-state index in [-0.39, 0.29) is 24.0 Å². The molecule has 0 aliphatic carbocycles. The first-order valence-corrected chi connectivity index (χ1v) is 7.96. The van der Waals surface area contributed by atoms with Gasteiger partial charge in [-0.1, -0.05) is 44.2 Å². The van der Waals surface area contributed by atoms with Gasteiger partial charge in [0.25, 0.3) is 0 Å². The summed E-state index contributed by atoms with van der Waals surface area (Å²) >= 11 is 0. The van der Waals surface area contributed by atoms with Gasteiger partial charge in [-0.25, -0.2) is 0 Å². The SMILES string of the molecule is CC(C)[C@H](N)C(=O)NC[C@@H]1C[C@@H](O)CN1Cc1ccccc1. The molecule has 122 valence electrons. The van der Waals surface area contributed by atoms with Crippen molar-refractivity contribution in [3.8, 4) is 0 Å². The number of amides is 1. The standard InChI is InChI=1S/C17H27N3O2/c1-12(2)16(18)17(22)19-9-14-8-15(21)11-20(14)10-13-6-4-3-5-7-13/h3-7,12,14-16,21H,8-11,18H2,1-2H3,(H,19,22)/t14-,15+,16-/m0/s1. The van der Waals surface area contributed by atoms with Gasteiger partial charge in [0.2, 0.25) is 5.91 Å². The molecule has 0 aromatic heterocycles. The van der Waals surface area contributed by atoms with Crippen molar-refractivity contribution in [3.63, 3.8) is 0 Å². The van der Waals surface area contributed by atoms with Crippen molar-refractivity contribution in [1.82, 2.24) is 10.2 Å². The highest BCUT2D eigenvalue weighted by atomic mass is 16.3. The summed E-state index contributed by atoms with van der Waals surface area (Å²) < 4.78 is 0. The van der Waals surface area contributed by atoms with Crippen molar-refractivity contribution in [2.45, 2.75) is 45.0 Å². The third kappa shape index (κ3) is 4.53. The molecule has 1 aliphatic heterocycles. The quantitative estimate of drug-likeness (QED) is 0.724. The van der Waals surface area contributed by atoms with Crippen LogP contribution in [0.4, 0.5) is 0 Å². The third-order valence-electron chi connectivity index (χ3n) is 4.27. The monoisotopic (exact) mass is 305 g/mol. The zero-order valence-corrected chi connectivity index (χ0v) is 13.4. The molecule has 1 amide bonds. The molecule has 1 heterocycles. The van der Waals surface area contributed by atoms with Gasteiger partial charge in [0.05, 0.1) is 12.1 Å². The van der Waals surface area contributed by atoms with Crippen LogP contribution in [0.3, 0.4) is 0 Å². The maximum Gasteiger partial charge on any atom is 0.237 e. The molecule has 22 heavy (non-hydrogen) atoms. The average Bonchev–Trinajstić information content (AvgIpc) is 2.84. The van der Waals surface area contributed by atoms with Gasteiger partial charge in [-0.15, -0.1) is 0 Å². The lowest BCUT2D eigenvalue weighted by Gasteiger charge is -2.25. The van der Waals surface area contributed by atoms with Gasteiger partial charge in [0.1, 0.15) is 0 Å². The van der Waals surface area contributed by atoms with E-state index in [1.54, 1.807) is 0 Å². The van der Waals surface area contributed by atoms with Crippen molar-refractivity contribution in [2.75, 3.05) is 13.1 Å². The summed E-state index contributed by atoms with van der Waals surface area (Å²) in [6, 6.07) is 9.85. The number of aliphatic hydroxyl groups excluding tert-OH is 1. The number of hydrogen-bond acceptors (Lipinski definition) is 4. The smallest absolute Gasteiger partial charge is 0.237 e. The fourth-order valence-electron chi connectivity index (χ4n) is 2.82. The summed E-state index contributed by atoms with van der Waals surface area (Å²) in [6.45, 7) is 5.83. The number of rotatable bonds is 6. The number of benzene rings is 1. The van der Waals surface area contributed by atoms with E-state index >= 15 is 0 Å². The van der Waals surface area contributed by atoms with Gasteiger partial charge >= 0.3 is 0 Å². The third-order valence-corrected chi connectivity index (χ3v) is 4.27. The topological polar surface area (TPSA) is 78.6 Å². The second-order valence-electron chi connectivity index (χ2n) is 6.47. The van der Waals surface area contributed by atoms with E-state index in [1.165, 1.54) is 5.56 Å². The average molecular weight is 305 g/mol. The Kier molecular flexibility index (Phi) is 5.94. The van der Waals surface area contributed by atoms with Crippen LogP contribution in [0.1, 0.15) is 25.8 Å². The van der Waals surface area contributed by atoms with Gasteiger partial charge in [-0.05, 0) is 17.9 Å². The van der Waals surface area contributed by atoms with Crippen LogP contribution < -0.4 is 11.1 Å². The zero-order chi connectivity index (χ0) is 16.1. The van der Waals surface area contributed by atoms with Gasteiger partial charge in [0.15, 0.2) is 0 Å². The first-order valence-electron chi connectivity index (χ1n) is 7.96. The number of aliphatic hydroxyl groups is 1. The van der Waals surface area contributed by atoms with Crippen LogP contribution in [0.5, 0.6) is 0 Å². The van der Waals surface area contributed by atoms with Gasteiger partial charge < -0.3 is 16.2 Å². The Morgan fingerprint density at radius 3 is 2.73 bits per heavy atom. The minimum atomic E-state index is -0.478. The van der Waals surface area contributed by atoms with Crippen LogP contribution >= 0.6 is 0 Å². The van der Waals surface area contributed by atoms with Crippen LogP contribution in [0.2, 0.25) is 0 Å². The fraction of sp³-hybridized carbons (Fsp3) is 0.588. The number of β-amino-alcohol motifs (C(OH)–C–C–N with tert-alkyl or cyclic N) is 1. The molecule has 0 unspecified atom stereocenters. The summed E-state index contributed by atoms with van der Waals surface area (Å²) in [5.74, 6) is 0.00522. The molecule has 1 aromatic rings. The summed E-state index contributed by atoms with van der Waals surface area (Å²) in [6.07, 6.45) is 0.355. The number of hydrogen-bond donors (Lipinski definition) is 3. The lowest BCUT2D eigenvalue weighted by Crippen LogP contribution is -2.48. The molecule has 3 atom stereocenters. The predicted octanol–water partition coefficient (Wildman–Crippen LogP) is 0.721. The van der Waals surface area contributed by atoms with E-state index in [0.717, 1.165) is 6.54 Å². The number of nitrogens with zero attached hydrogens (tertiary/aromatic N) is 1. The fourth-order valence-corrected chi connectivity index (χ4v) is 2.82. The molecular formula is C17H27N3O2. The second-order valence-corrected chi connectivity index (χ2v) is 6.47. The van der Waals surface area contributed by atoms with Crippen molar-refractivity contribution in [3.05, 3.63) is 35.9 Å². The number of nitrogens with one attached hydrogen (secondary N) is 1. The molecule has 1 aliphatic rings. The summed E-state index contributed by atoms with van der Waals surface area (Å²) in [4.78, 5) is 14.2. The van der Waals surface area contributed by atoms with E-state index in [9.17, 15) is 9.90 Å². The molecule has 0 saturated carbocycles. The lowest BCUT2D eigenvalue weighted by atomic mass is 10.0. The first kappa shape index (κ1) is 16.9. The molecule has 4 N–H and O–H groups in total. The molecule has 1 aromatic carbocycles. The molecule has 2 rings (SSSR count). The van der Waals surface area contributed by atoms with Crippen molar-refractivity contribution >= 4 is 5.91 Å². The zero-order valence-electron chi connectivity index (χ0n) is 13.4. The Hall–Kier alpha value is -1.43. The Morgan fingerprint density at radius 1 is 1.41 bits per heavy atom. The molecule has 0 bridgehead atoms. The maximum atomic E-state index is 12.0. The highest BCUT2D eigenvalue weighted by Gasteiger charge is 2.31.